The van der Waals surface area contributed by atoms with E-state index in [1.165, 1.54) is 18.2 Å². The normalized spacial score (nSPS) is 18.3. The molecule has 108 valence electrons. The highest BCUT2D eigenvalue weighted by Crippen LogP contribution is 2.26. The molecule has 0 radical (unpaired) electrons. The molecule has 1 fully saturated rings. The van der Waals surface area contributed by atoms with Crippen LogP contribution in [0.4, 0.5) is 5.69 Å². The van der Waals surface area contributed by atoms with Crippen LogP contribution in [0.1, 0.15) is 16.8 Å². The third kappa shape index (κ3) is 3.08. The fraction of sp³-hybridized carbons (Fsp3) is 0.462. The molecule has 1 unspecified atom stereocenters. The van der Waals surface area contributed by atoms with Crippen molar-refractivity contribution in [1.82, 2.24) is 4.90 Å². The van der Waals surface area contributed by atoms with E-state index >= 15 is 0 Å². The number of ether oxygens (including phenoxy) is 1. The Labute approximate surface area is 121 Å². The number of nitrogens with zero attached hydrogens (tertiary/aromatic N) is 2. The van der Waals surface area contributed by atoms with Crippen LogP contribution in [-0.4, -0.2) is 42.5 Å². The lowest BCUT2D eigenvalue weighted by molar-refractivity contribution is -0.384. The van der Waals surface area contributed by atoms with E-state index in [4.69, 9.17) is 16.3 Å². The summed E-state index contributed by atoms with van der Waals surface area (Å²) >= 11 is 5.97. The maximum Gasteiger partial charge on any atom is 0.270 e. The van der Waals surface area contributed by atoms with E-state index in [1.54, 1.807) is 12.0 Å². The Hall–Kier alpha value is -1.66. The molecule has 6 nitrogen and oxygen atoms in total. The summed E-state index contributed by atoms with van der Waals surface area (Å²) in [5.41, 5.74) is 0.181. The van der Waals surface area contributed by atoms with Gasteiger partial charge in [-0.1, -0.05) is 11.6 Å². The van der Waals surface area contributed by atoms with Gasteiger partial charge >= 0.3 is 0 Å². The van der Waals surface area contributed by atoms with Crippen LogP contribution in [0, 0.1) is 16.0 Å². The monoisotopic (exact) mass is 298 g/mol. The van der Waals surface area contributed by atoms with Crippen molar-refractivity contribution in [3.63, 3.8) is 0 Å². The number of hydrogen-bond acceptors (Lipinski definition) is 4. The molecule has 0 aromatic heterocycles. The first-order valence-electron chi connectivity index (χ1n) is 6.25. The summed E-state index contributed by atoms with van der Waals surface area (Å²) in [6.07, 6.45) is 0.893. The standard InChI is InChI=1S/C13H15ClN2O4/c1-20-8-9-4-5-15(7-9)13(17)11-3-2-10(16(18)19)6-12(11)14/h2-3,6,9H,4-5,7-8H2,1H3. The Kier molecular flexibility index (Phi) is 4.57. The molecular weight excluding hydrogens is 284 g/mol. The zero-order chi connectivity index (χ0) is 14.7. The van der Waals surface area contributed by atoms with Crippen LogP contribution in [0.2, 0.25) is 5.02 Å². The summed E-state index contributed by atoms with van der Waals surface area (Å²) in [5.74, 6) is 0.143. The Morgan fingerprint density at radius 1 is 1.60 bits per heavy atom. The predicted molar refractivity (Wildman–Crippen MR) is 74.0 cm³/mol. The van der Waals surface area contributed by atoms with Gasteiger partial charge in [0.2, 0.25) is 0 Å². The van der Waals surface area contributed by atoms with Gasteiger partial charge in [-0.25, -0.2) is 0 Å². The third-order valence-electron chi connectivity index (χ3n) is 3.37. The van der Waals surface area contributed by atoms with Crippen LogP contribution in [0.15, 0.2) is 18.2 Å². The Morgan fingerprint density at radius 2 is 2.35 bits per heavy atom. The van der Waals surface area contributed by atoms with Crippen molar-refractivity contribution in [2.75, 3.05) is 26.8 Å². The first-order chi connectivity index (χ1) is 9.52. The first-order valence-corrected chi connectivity index (χ1v) is 6.63. The van der Waals surface area contributed by atoms with Gasteiger partial charge in [-0.2, -0.15) is 0 Å². The zero-order valence-electron chi connectivity index (χ0n) is 11.0. The maximum absolute atomic E-state index is 12.3. The van der Waals surface area contributed by atoms with Gasteiger partial charge in [0.1, 0.15) is 0 Å². The minimum atomic E-state index is -0.537. The van der Waals surface area contributed by atoms with Crippen molar-refractivity contribution < 1.29 is 14.5 Å². The second kappa shape index (κ2) is 6.19. The van der Waals surface area contributed by atoms with Crippen molar-refractivity contribution in [1.29, 1.82) is 0 Å². The fourth-order valence-corrected chi connectivity index (χ4v) is 2.61. The molecule has 20 heavy (non-hydrogen) atoms. The van der Waals surface area contributed by atoms with E-state index in [9.17, 15) is 14.9 Å². The van der Waals surface area contributed by atoms with Gasteiger partial charge in [-0.15, -0.1) is 0 Å². The van der Waals surface area contributed by atoms with Gasteiger partial charge in [-0.3, -0.25) is 14.9 Å². The van der Waals surface area contributed by atoms with Crippen LogP contribution < -0.4 is 0 Å². The lowest BCUT2D eigenvalue weighted by atomic mass is 10.1. The van der Waals surface area contributed by atoms with Crippen LogP contribution in [-0.2, 0) is 4.74 Å². The topological polar surface area (TPSA) is 72.7 Å². The Balaban J connectivity index is 2.12. The molecule has 1 aliphatic heterocycles. The average molecular weight is 299 g/mol. The average Bonchev–Trinajstić information content (AvgIpc) is 2.87. The molecule has 1 amide bonds. The number of carbonyl (C=O) groups excluding carboxylic acids is 1. The van der Waals surface area contributed by atoms with Gasteiger partial charge in [0.15, 0.2) is 0 Å². The number of hydrogen-bond donors (Lipinski definition) is 0. The van der Waals surface area contributed by atoms with Crippen molar-refractivity contribution in [2.45, 2.75) is 6.42 Å². The van der Waals surface area contributed by atoms with Gasteiger partial charge in [0.25, 0.3) is 11.6 Å². The van der Waals surface area contributed by atoms with Crippen molar-refractivity contribution in [2.24, 2.45) is 5.92 Å². The molecule has 1 aliphatic rings. The molecule has 1 aromatic rings. The number of amides is 1. The van der Waals surface area contributed by atoms with Crippen LogP contribution in [0.5, 0.6) is 0 Å². The SMILES string of the molecule is COCC1CCN(C(=O)c2ccc([N+](=O)[O-])cc2Cl)C1. The second-order valence-corrected chi connectivity index (χ2v) is 5.19. The number of nitro groups is 1. The highest BCUT2D eigenvalue weighted by Gasteiger charge is 2.28. The summed E-state index contributed by atoms with van der Waals surface area (Å²) < 4.78 is 5.09. The number of nitro benzene ring substituents is 1. The van der Waals surface area contributed by atoms with E-state index in [1.807, 2.05) is 0 Å². The van der Waals surface area contributed by atoms with Crippen molar-refractivity contribution in [3.8, 4) is 0 Å². The van der Waals surface area contributed by atoms with Gasteiger partial charge in [0, 0.05) is 38.2 Å². The van der Waals surface area contributed by atoms with E-state index in [0.717, 1.165) is 6.42 Å². The molecule has 0 saturated carbocycles. The molecule has 0 aliphatic carbocycles. The van der Waals surface area contributed by atoms with Crippen molar-refractivity contribution in [3.05, 3.63) is 38.9 Å². The lowest BCUT2D eigenvalue weighted by Crippen LogP contribution is -2.29. The maximum atomic E-state index is 12.3. The molecule has 7 heteroatoms. The molecule has 2 rings (SSSR count). The number of benzene rings is 1. The largest absolute Gasteiger partial charge is 0.384 e. The zero-order valence-corrected chi connectivity index (χ0v) is 11.8. The smallest absolute Gasteiger partial charge is 0.270 e. The third-order valence-corrected chi connectivity index (χ3v) is 3.68. The fourth-order valence-electron chi connectivity index (χ4n) is 2.35. The molecule has 1 saturated heterocycles. The number of carbonyl (C=O) groups is 1. The van der Waals surface area contributed by atoms with Crippen LogP contribution >= 0.6 is 11.6 Å². The number of non-ortho nitro benzene ring substituents is 1. The summed E-state index contributed by atoms with van der Waals surface area (Å²) in [7, 11) is 1.64. The second-order valence-electron chi connectivity index (χ2n) is 4.78. The van der Waals surface area contributed by atoms with Gasteiger partial charge in [-0.05, 0) is 12.5 Å². The highest BCUT2D eigenvalue weighted by atomic mass is 35.5. The molecule has 1 aromatic carbocycles. The number of likely N-dealkylation sites (tertiary alicyclic amines) is 1. The molecule has 0 spiro atoms. The van der Waals surface area contributed by atoms with E-state index in [-0.39, 0.29) is 16.6 Å². The molecule has 1 heterocycles. The number of rotatable bonds is 4. The minimum absolute atomic E-state index is 0.111. The lowest BCUT2D eigenvalue weighted by Gasteiger charge is -2.17. The summed E-state index contributed by atoms with van der Waals surface area (Å²) in [4.78, 5) is 24.1. The first kappa shape index (κ1) is 14.7. The van der Waals surface area contributed by atoms with Gasteiger partial charge in [0.05, 0.1) is 22.1 Å². The van der Waals surface area contributed by atoms with E-state index in [0.29, 0.717) is 31.2 Å². The van der Waals surface area contributed by atoms with E-state index in [2.05, 4.69) is 0 Å². The number of halogens is 1. The van der Waals surface area contributed by atoms with Crippen molar-refractivity contribution >= 4 is 23.2 Å². The Bertz CT molecular complexity index is 535. The Morgan fingerprint density at radius 3 is 2.95 bits per heavy atom. The predicted octanol–water partition coefficient (Wildman–Crippen LogP) is 2.36. The highest BCUT2D eigenvalue weighted by molar-refractivity contribution is 6.34. The van der Waals surface area contributed by atoms with Crippen LogP contribution in [0.3, 0.4) is 0 Å². The summed E-state index contributed by atoms with van der Waals surface area (Å²) in [6.45, 7) is 1.90. The molecular formula is C13H15ClN2O4. The number of methoxy groups -OCH3 is 1. The summed E-state index contributed by atoms with van der Waals surface area (Å²) in [5, 5.41) is 10.8. The van der Waals surface area contributed by atoms with Crippen LogP contribution in [0.25, 0.3) is 0 Å². The molecule has 0 bridgehead atoms. The minimum Gasteiger partial charge on any atom is -0.384 e. The quantitative estimate of drug-likeness (QED) is 0.632. The van der Waals surface area contributed by atoms with E-state index < -0.39 is 4.92 Å². The van der Waals surface area contributed by atoms with Gasteiger partial charge < -0.3 is 9.64 Å². The summed E-state index contributed by atoms with van der Waals surface area (Å²) in [6, 6.07) is 3.91. The molecule has 1 atom stereocenters. The molecule has 0 N–H and O–H groups in total.